The quantitative estimate of drug-likeness (QED) is 0.466. The normalized spacial score (nSPS) is 25.5. The third-order valence-corrected chi connectivity index (χ3v) is 7.12. The average Bonchev–Trinajstić information content (AvgIpc) is 3.19. The fourth-order valence-corrected chi connectivity index (χ4v) is 5.94. The van der Waals surface area contributed by atoms with E-state index in [-0.39, 0.29) is 11.0 Å². The van der Waals surface area contributed by atoms with E-state index in [1.807, 2.05) is 0 Å². The molecule has 0 bridgehead atoms. The SMILES string of the molecule is C=C1C2(CC)c3ccc(CCCC)cc3-c3c(C)cc(C)c[n+]3C12CC. The van der Waals surface area contributed by atoms with Crippen LogP contribution in [0.3, 0.4) is 0 Å². The van der Waals surface area contributed by atoms with E-state index in [0.29, 0.717) is 0 Å². The van der Waals surface area contributed by atoms with Crippen molar-refractivity contribution in [3.8, 4) is 11.3 Å². The number of fused-ring (bicyclic) bond motifs is 6. The monoisotopic (exact) mass is 346 g/mol. The Balaban J connectivity index is 2.04. The van der Waals surface area contributed by atoms with E-state index in [1.54, 1.807) is 0 Å². The van der Waals surface area contributed by atoms with Gasteiger partial charge in [-0.15, -0.1) is 0 Å². The van der Waals surface area contributed by atoms with Crippen LogP contribution in [0.25, 0.3) is 11.3 Å². The fourth-order valence-electron chi connectivity index (χ4n) is 5.94. The van der Waals surface area contributed by atoms with Crippen molar-refractivity contribution in [1.29, 1.82) is 0 Å². The number of rotatable bonds is 5. The van der Waals surface area contributed by atoms with E-state index < -0.39 is 0 Å². The van der Waals surface area contributed by atoms with Gasteiger partial charge in [-0.05, 0) is 56.4 Å². The molecular formula is C25H32N+. The minimum absolute atomic E-state index is 0.0613. The number of allylic oxidation sites excluding steroid dienone is 1. The van der Waals surface area contributed by atoms with Gasteiger partial charge >= 0.3 is 0 Å². The standard InChI is InChI=1S/C25H32N/c1-7-10-11-20-12-13-22-21(15-20)23-18(5)14-17(4)16-26(23)25(9-3)19(6)24(22,25)8-2/h12-16H,6-11H2,1-5H3/q+1. The number of benzene rings is 1. The molecule has 1 aromatic carbocycles. The molecule has 0 saturated heterocycles. The Bertz CT molecular complexity index is 907. The van der Waals surface area contributed by atoms with Gasteiger partial charge < -0.3 is 0 Å². The molecule has 1 saturated carbocycles. The molecule has 2 atom stereocenters. The van der Waals surface area contributed by atoms with Crippen molar-refractivity contribution >= 4 is 0 Å². The first-order valence-corrected chi connectivity index (χ1v) is 10.3. The molecule has 1 aliphatic heterocycles. The van der Waals surface area contributed by atoms with Crippen molar-refractivity contribution < 1.29 is 4.57 Å². The van der Waals surface area contributed by atoms with Crippen LogP contribution < -0.4 is 4.57 Å². The van der Waals surface area contributed by atoms with E-state index in [4.69, 9.17) is 0 Å². The summed E-state index contributed by atoms with van der Waals surface area (Å²) in [5.41, 5.74) is 10.1. The molecule has 2 aliphatic rings. The van der Waals surface area contributed by atoms with Gasteiger partial charge in [-0.25, -0.2) is 0 Å². The van der Waals surface area contributed by atoms with Crippen molar-refractivity contribution in [2.75, 3.05) is 0 Å². The number of nitrogens with zero attached hydrogens (tertiary/aromatic N) is 1. The number of aryl methyl sites for hydroxylation is 3. The summed E-state index contributed by atoms with van der Waals surface area (Å²) in [5.74, 6) is 0. The minimum atomic E-state index is 0.0613. The van der Waals surface area contributed by atoms with Crippen LogP contribution in [0.4, 0.5) is 0 Å². The zero-order valence-corrected chi connectivity index (χ0v) is 17.1. The van der Waals surface area contributed by atoms with E-state index in [9.17, 15) is 0 Å². The molecule has 26 heavy (non-hydrogen) atoms. The second kappa shape index (κ2) is 5.81. The van der Waals surface area contributed by atoms with Gasteiger partial charge in [-0.1, -0.05) is 45.9 Å². The van der Waals surface area contributed by atoms with Crippen LogP contribution in [0.2, 0.25) is 0 Å². The summed E-state index contributed by atoms with van der Waals surface area (Å²) in [5, 5.41) is 0. The summed E-state index contributed by atoms with van der Waals surface area (Å²) in [6.45, 7) is 16.0. The zero-order valence-electron chi connectivity index (χ0n) is 17.1. The first kappa shape index (κ1) is 17.5. The number of hydrogen-bond acceptors (Lipinski definition) is 0. The first-order valence-electron chi connectivity index (χ1n) is 10.3. The van der Waals surface area contributed by atoms with Crippen LogP contribution in [0.1, 0.15) is 68.7 Å². The molecule has 2 heterocycles. The number of aromatic nitrogens is 1. The van der Waals surface area contributed by atoms with Gasteiger partial charge in [-0.2, -0.15) is 4.57 Å². The Labute approximate surface area is 158 Å². The highest BCUT2D eigenvalue weighted by Crippen LogP contribution is 2.71. The lowest BCUT2D eigenvalue weighted by Crippen LogP contribution is -2.55. The Morgan fingerprint density at radius 2 is 1.81 bits per heavy atom. The molecule has 4 rings (SSSR count). The molecule has 0 spiro atoms. The van der Waals surface area contributed by atoms with E-state index in [2.05, 4.69) is 76.2 Å². The predicted molar refractivity (Wildman–Crippen MR) is 110 cm³/mol. The van der Waals surface area contributed by atoms with Crippen LogP contribution in [-0.2, 0) is 17.4 Å². The summed E-state index contributed by atoms with van der Waals surface area (Å²) >= 11 is 0. The van der Waals surface area contributed by atoms with Crippen molar-refractivity contribution in [2.45, 2.75) is 77.7 Å². The van der Waals surface area contributed by atoms with Gasteiger partial charge in [-0.3, -0.25) is 0 Å². The van der Waals surface area contributed by atoms with Crippen molar-refractivity contribution in [3.05, 3.63) is 64.9 Å². The summed E-state index contributed by atoms with van der Waals surface area (Å²) < 4.78 is 2.59. The molecule has 1 heteroatoms. The fraction of sp³-hybridized carbons (Fsp3) is 0.480. The van der Waals surface area contributed by atoms with Crippen LogP contribution in [0.15, 0.2) is 42.6 Å². The highest BCUT2D eigenvalue weighted by atomic mass is 15.2. The largest absolute Gasteiger partial charge is 0.216 e. The number of hydrogen-bond donors (Lipinski definition) is 0. The predicted octanol–water partition coefficient (Wildman–Crippen LogP) is 5.94. The van der Waals surface area contributed by atoms with E-state index in [1.165, 1.54) is 58.3 Å². The van der Waals surface area contributed by atoms with Gasteiger partial charge in [0.25, 0.3) is 0 Å². The second-order valence-electron chi connectivity index (χ2n) is 8.35. The van der Waals surface area contributed by atoms with Crippen LogP contribution >= 0.6 is 0 Å². The molecule has 1 nitrogen and oxygen atoms in total. The van der Waals surface area contributed by atoms with Crippen molar-refractivity contribution in [1.82, 2.24) is 0 Å². The van der Waals surface area contributed by atoms with Gasteiger partial charge in [0.2, 0.25) is 11.2 Å². The minimum Gasteiger partial charge on any atom is -0.187 e. The molecule has 0 amide bonds. The van der Waals surface area contributed by atoms with Crippen molar-refractivity contribution in [3.63, 3.8) is 0 Å². The highest BCUT2D eigenvalue weighted by Gasteiger charge is 2.80. The topological polar surface area (TPSA) is 3.88 Å². The summed E-state index contributed by atoms with van der Waals surface area (Å²) in [7, 11) is 0. The van der Waals surface area contributed by atoms with Gasteiger partial charge in [0.15, 0.2) is 6.20 Å². The Morgan fingerprint density at radius 1 is 1.04 bits per heavy atom. The smallest absolute Gasteiger partial charge is 0.187 e. The maximum absolute atomic E-state index is 4.61. The zero-order chi connectivity index (χ0) is 18.7. The third kappa shape index (κ3) is 1.89. The first-order chi connectivity index (χ1) is 12.5. The molecule has 1 aromatic heterocycles. The van der Waals surface area contributed by atoms with Gasteiger partial charge in [0.05, 0.1) is 11.0 Å². The molecule has 2 unspecified atom stereocenters. The molecule has 0 radical (unpaired) electrons. The summed E-state index contributed by atoms with van der Waals surface area (Å²) in [6, 6.07) is 9.61. The Kier molecular flexibility index (Phi) is 3.91. The van der Waals surface area contributed by atoms with E-state index >= 15 is 0 Å². The lowest BCUT2D eigenvalue weighted by atomic mass is 9.78. The Hall–Kier alpha value is -1.89. The summed E-state index contributed by atoms with van der Waals surface area (Å²) in [6.07, 6.45) is 8.28. The average molecular weight is 347 g/mol. The highest BCUT2D eigenvalue weighted by molar-refractivity contribution is 5.76. The molecule has 2 aromatic rings. The molecule has 136 valence electrons. The lowest BCUT2D eigenvalue weighted by molar-refractivity contribution is -0.732. The molecule has 1 fully saturated rings. The number of pyridine rings is 1. The summed E-state index contributed by atoms with van der Waals surface area (Å²) in [4.78, 5) is 0. The lowest BCUT2D eigenvalue weighted by Gasteiger charge is -2.29. The van der Waals surface area contributed by atoms with E-state index in [0.717, 1.165) is 12.8 Å². The van der Waals surface area contributed by atoms with Crippen molar-refractivity contribution in [2.24, 2.45) is 0 Å². The van der Waals surface area contributed by atoms with Crippen LogP contribution in [0.5, 0.6) is 0 Å². The van der Waals surface area contributed by atoms with Crippen LogP contribution in [-0.4, -0.2) is 0 Å². The van der Waals surface area contributed by atoms with Crippen LogP contribution in [0, 0.1) is 13.8 Å². The van der Waals surface area contributed by atoms with Gasteiger partial charge in [0, 0.05) is 23.1 Å². The van der Waals surface area contributed by atoms with Gasteiger partial charge in [0.1, 0.15) is 0 Å². The molecular weight excluding hydrogens is 314 g/mol. The maximum atomic E-state index is 4.61. The molecule has 0 N–H and O–H groups in total. The third-order valence-electron chi connectivity index (χ3n) is 7.12. The second-order valence-corrected chi connectivity index (χ2v) is 8.35. The number of unbranched alkanes of at least 4 members (excludes halogenated alkanes) is 1. The Morgan fingerprint density at radius 3 is 2.46 bits per heavy atom. The molecule has 1 aliphatic carbocycles. The maximum Gasteiger partial charge on any atom is 0.216 e.